The highest BCUT2D eigenvalue weighted by molar-refractivity contribution is 7.91. The molecule has 0 atom stereocenters. The van der Waals surface area contributed by atoms with Crippen molar-refractivity contribution < 1.29 is 12.8 Å². The summed E-state index contributed by atoms with van der Waals surface area (Å²) in [4.78, 5) is 0.189. The zero-order valence-corrected chi connectivity index (χ0v) is 8.36. The molecule has 0 amide bonds. The lowest BCUT2D eigenvalue weighted by Gasteiger charge is -2.02. The number of aryl methyl sites for hydroxylation is 1. The monoisotopic (exact) mass is 202 g/mol. The van der Waals surface area contributed by atoms with Gasteiger partial charge < -0.3 is 0 Å². The molecular formula is C9H11FO2S. The van der Waals surface area contributed by atoms with E-state index in [9.17, 15) is 12.8 Å². The minimum absolute atomic E-state index is 0.0398. The van der Waals surface area contributed by atoms with Gasteiger partial charge in [0.05, 0.1) is 10.6 Å². The van der Waals surface area contributed by atoms with Crippen LogP contribution in [0.3, 0.4) is 0 Å². The van der Waals surface area contributed by atoms with Crippen molar-refractivity contribution in [1.29, 1.82) is 0 Å². The van der Waals surface area contributed by atoms with E-state index < -0.39 is 9.84 Å². The highest BCUT2D eigenvalue weighted by Crippen LogP contribution is 2.15. The van der Waals surface area contributed by atoms with Gasteiger partial charge in [-0.1, -0.05) is 6.92 Å². The Labute approximate surface area is 77.3 Å². The SMILES string of the molecule is CCS(=O)(=O)c1ccc(F)c(C)c1. The van der Waals surface area contributed by atoms with Crippen LogP contribution in [-0.4, -0.2) is 14.2 Å². The second-order valence-corrected chi connectivity index (χ2v) is 5.09. The van der Waals surface area contributed by atoms with Crippen LogP contribution in [0.2, 0.25) is 0 Å². The fourth-order valence-corrected chi connectivity index (χ4v) is 1.94. The molecule has 0 unspecified atom stereocenters. The van der Waals surface area contributed by atoms with Crippen molar-refractivity contribution in [3.8, 4) is 0 Å². The van der Waals surface area contributed by atoms with Crippen molar-refractivity contribution in [2.24, 2.45) is 0 Å². The Morgan fingerprint density at radius 1 is 1.38 bits per heavy atom. The molecule has 1 aromatic rings. The second-order valence-electron chi connectivity index (χ2n) is 2.81. The number of benzene rings is 1. The standard InChI is InChI=1S/C9H11FO2S/c1-3-13(11,12)8-4-5-9(10)7(2)6-8/h4-6H,3H2,1-2H3. The van der Waals surface area contributed by atoms with E-state index in [0.717, 1.165) is 0 Å². The minimum Gasteiger partial charge on any atom is -0.224 e. The van der Waals surface area contributed by atoms with Gasteiger partial charge in [0, 0.05) is 0 Å². The zero-order chi connectivity index (χ0) is 10.1. The number of sulfone groups is 1. The van der Waals surface area contributed by atoms with Crippen molar-refractivity contribution in [3.63, 3.8) is 0 Å². The number of hydrogen-bond donors (Lipinski definition) is 0. The lowest BCUT2D eigenvalue weighted by Crippen LogP contribution is -2.04. The molecule has 0 N–H and O–H groups in total. The van der Waals surface area contributed by atoms with Crippen molar-refractivity contribution in [2.75, 3.05) is 5.75 Å². The fourth-order valence-electron chi connectivity index (χ4n) is 0.977. The highest BCUT2D eigenvalue weighted by atomic mass is 32.2. The zero-order valence-electron chi connectivity index (χ0n) is 7.54. The van der Waals surface area contributed by atoms with Crippen molar-refractivity contribution in [1.82, 2.24) is 0 Å². The van der Waals surface area contributed by atoms with E-state index in [1.165, 1.54) is 18.2 Å². The van der Waals surface area contributed by atoms with Gasteiger partial charge in [0.2, 0.25) is 0 Å². The molecule has 0 aliphatic carbocycles. The van der Waals surface area contributed by atoms with E-state index in [2.05, 4.69) is 0 Å². The van der Waals surface area contributed by atoms with Crippen molar-refractivity contribution in [2.45, 2.75) is 18.7 Å². The van der Waals surface area contributed by atoms with Crippen LogP contribution in [0.25, 0.3) is 0 Å². The maximum atomic E-state index is 12.8. The van der Waals surface area contributed by atoms with Gasteiger partial charge in [-0.25, -0.2) is 12.8 Å². The summed E-state index contributed by atoms with van der Waals surface area (Å²) in [6, 6.07) is 3.83. The van der Waals surface area contributed by atoms with Crippen LogP contribution in [-0.2, 0) is 9.84 Å². The summed E-state index contributed by atoms with van der Waals surface area (Å²) in [6.07, 6.45) is 0. The Hall–Kier alpha value is -0.900. The molecule has 0 aliphatic rings. The largest absolute Gasteiger partial charge is 0.224 e. The lowest BCUT2D eigenvalue weighted by molar-refractivity contribution is 0.595. The first-order chi connectivity index (χ1) is 5.97. The predicted octanol–water partition coefficient (Wildman–Crippen LogP) is 1.93. The first kappa shape index (κ1) is 10.2. The third-order valence-corrected chi connectivity index (χ3v) is 3.60. The first-order valence-electron chi connectivity index (χ1n) is 3.96. The molecule has 0 saturated carbocycles. The molecular weight excluding hydrogens is 191 g/mol. The molecule has 13 heavy (non-hydrogen) atoms. The third kappa shape index (κ3) is 2.06. The summed E-state index contributed by atoms with van der Waals surface area (Å²) in [7, 11) is -3.20. The Balaban J connectivity index is 3.27. The van der Waals surface area contributed by atoms with Gasteiger partial charge >= 0.3 is 0 Å². The molecule has 0 bridgehead atoms. The molecule has 72 valence electrons. The number of halogens is 1. The average molecular weight is 202 g/mol. The van der Waals surface area contributed by atoms with Crippen LogP contribution in [0.1, 0.15) is 12.5 Å². The molecule has 2 nitrogen and oxygen atoms in total. The third-order valence-electron chi connectivity index (χ3n) is 1.87. The van der Waals surface area contributed by atoms with Gasteiger partial charge in [0.25, 0.3) is 0 Å². The van der Waals surface area contributed by atoms with Crippen LogP contribution < -0.4 is 0 Å². The molecule has 1 aromatic carbocycles. The van der Waals surface area contributed by atoms with E-state index in [1.807, 2.05) is 0 Å². The number of rotatable bonds is 2. The van der Waals surface area contributed by atoms with Gasteiger partial charge in [-0.3, -0.25) is 0 Å². The van der Waals surface area contributed by atoms with Gasteiger partial charge in [0.15, 0.2) is 9.84 Å². The lowest BCUT2D eigenvalue weighted by atomic mass is 10.2. The Bertz CT molecular complexity index is 410. The molecule has 0 heterocycles. The Morgan fingerprint density at radius 3 is 2.46 bits per heavy atom. The van der Waals surface area contributed by atoms with E-state index in [-0.39, 0.29) is 16.5 Å². The summed E-state index contributed by atoms with van der Waals surface area (Å²) in [5, 5.41) is 0. The quantitative estimate of drug-likeness (QED) is 0.687. The number of hydrogen-bond acceptors (Lipinski definition) is 2. The second kappa shape index (κ2) is 3.46. The maximum absolute atomic E-state index is 12.8. The average Bonchev–Trinajstić information content (AvgIpc) is 2.09. The van der Waals surface area contributed by atoms with Gasteiger partial charge in [-0.05, 0) is 30.7 Å². The van der Waals surface area contributed by atoms with Crippen molar-refractivity contribution >= 4 is 9.84 Å². The summed E-state index contributed by atoms with van der Waals surface area (Å²) < 4.78 is 35.5. The molecule has 4 heteroatoms. The normalized spacial score (nSPS) is 11.6. The summed E-state index contributed by atoms with van der Waals surface area (Å²) in [6.45, 7) is 3.11. The summed E-state index contributed by atoms with van der Waals surface area (Å²) in [5.74, 6) is -0.340. The molecule has 0 spiro atoms. The summed E-state index contributed by atoms with van der Waals surface area (Å²) >= 11 is 0. The van der Waals surface area contributed by atoms with Gasteiger partial charge in [0.1, 0.15) is 5.82 Å². The maximum Gasteiger partial charge on any atom is 0.178 e. The Kier molecular flexibility index (Phi) is 2.71. The van der Waals surface area contributed by atoms with Crippen LogP contribution in [0.5, 0.6) is 0 Å². The smallest absolute Gasteiger partial charge is 0.178 e. The first-order valence-corrected chi connectivity index (χ1v) is 5.61. The molecule has 0 aliphatic heterocycles. The predicted molar refractivity (Wildman–Crippen MR) is 48.9 cm³/mol. The van der Waals surface area contributed by atoms with E-state index in [0.29, 0.717) is 5.56 Å². The topological polar surface area (TPSA) is 34.1 Å². The molecule has 0 radical (unpaired) electrons. The molecule has 0 saturated heterocycles. The van der Waals surface area contributed by atoms with E-state index in [1.54, 1.807) is 13.8 Å². The highest BCUT2D eigenvalue weighted by Gasteiger charge is 2.12. The van der Waals surface area contributed by atoms with Crippen LogP contribution in [0.4, 0.5) is 4.39 Å². The molecule has 1 rings (SSSR count). The van der Waals surface area contributed by atoms with E-state index in [4.69, 9.17) is 0 Å². The minimum atomic E-state index is -3.20. The molecule has 0 fully saturated rings. The summed E-state index contributed by atoms with van der Waals surface area (Å²) in [5.41, 5.74) is 0.356. The van der Waals surface area contributed by atoms with Crippen LogP contribution >= 0.6 is 0 Å². The fraction of sp³-hybridized carbons (Fsp3) is 0.333. The Morgan fingerprint density at radius 2 is 2.00 bits per heavy atom. The van der Waals surface area contributed by atoms with Gasteiger partial charge in [-0.15, -0.1) is 0 Å². The van der Waals surface area contributed by atoms with Crippen LogP contribution in [0.15, 0.2) is 23.1 Å². The van der Waals surface area contributed by atoms with Crippen LogP contribution in [0, 0.1) is 12.7 Å². The molecule has 0 aromatic heterocycles. The van der Waals surface area contributed by atoms with E-state index >= 15 is 0 Å². The van der Waals surface area contributed by atoms with Crippen molar-refractivity contribution in [3.05, 3.63) is 29.6 Å². The van der Waals surface area contributed by atoms with Gasteiger partial charge in [-0.2, -0.15) is 0 Å².